The SMILES string of the molecule is Cc1ccc(CNC(=O)C2(N)C3CCOC3C2(C)C)cc1. The summed E-state index contributed by atoms with van der Waals surface area (Å²) in [6, 6.07) is 8.17. The van der Waals surface area contributed by atoms with Crippen molar-refractivity contribution >= 4 is 5.91 Å². The molecule has 1 saturated carbocycles. The first-order chi connectivity index (χ1) is 9.87. The fraction of sp³-hybridized carbons (Fsp3) is 0.588. The second-order valence-corrected chi connectivity index (χ2v) is 6.95. The zero-order valence-corrected chi connectivity index (χ0v) is 13.0. The van der Waals surface area contributed by atoms with Gasteiger partial charge in [0.15, 0.2) is 0 Å². The minimum atomic E-state index is -0.821. The van der Waals surface area contributed by atoms with E-state index in [1.807, 2.05) is 45.0 Å². The summed E-state index contributed by atoms with van der Waals surface area (Å²) in [4.78, 5) is 12.7. The molecule has 21 heavy (non-hydrogen) atoms. The highest BCUT2D eigenvalue weighted by Gasteiger charge is 2.71. The first kappa shape index (κ1) is 14.5. The van der Waals surface area contributed by atoms with E-state index >= 15 is 0 Å². The van der Waals surface area contributed by atoms with E-state index in [9.17, 15) is 4.79 Å². The third-order valence-electron chi connectivity index (χ3n) is 5.40. The van der Waals surface area contributed by atoms with Crippen LogP contribution >= 0.6 is 0 Å². The Kier molecular flexibility index (Phi) is 3.34. The van der Waals surface area contributed by atoms with Gasteiger partial charge in [0.1, 0.15) is 5.54 Å². The number of fused-ring (bicyclic) bond motifs is 1. The number of amides is 1. The van der Waals surface area contributed by atoms with Crippen molar-refractivity contribution < 1.29 is 9.53 Å². The van der Waals surface area contributed by atoms with Gasteiger partial charge in [-0.05, 0) is 18.9 Å². The number of nitrogens with two attached hydrogens (primary N) is 1. The van der Waals surface area contributed by atoms with Gasteiger partial charge in [0, 0.05) is 24.5 Å². The van der Waals surface area contributed by atoms with Gasteiger partial charge in [0.05, 0.1) is 6.10 Å². The summed E-state index contributed by atoms with van der Waals surface area (Å²) in [6.07, 6.45) is 0.996. The monoisotopic (exact) mass is 288 g/mol. The maximum absolute atomic E-state index is 12.7. The largest absolute Gasteiger partial charge is 0.377 e. The van der Waals surface area contributed by atoms with E-state index in [0.717, 1.165) is 12.0 Å². The lowest BCUT2D eigenvalue weighted by Gasteiger charge is -2.60. The number of carbonyl (C=O) groups is 1. The molecule has 1 amide bonds. The number of hydrogen-bond acceptors (Lipinski definition) is 3. The van der Waals surface area contributed by atoms with Gasteiger partial charge in [0.25, 0.3) is 0 Å². The molecule has 4 nitrogen and oxygen atoms in total. The molecule has 114 valence electrons. The first-order valence-electron chi connectivity index (χ1n) is 7.61. The topological polar surface area (TPSA) is 64.4 Å². The maximum Gasteiger partial charge on any atom is 0.241 e. The molecule has 3 N–H and O–H groups in total. The third kappa shape index (κ3) is 2.00. The van der Waals surface area contributed by atoms with Crippen molar-refractivity contribution in [2.75, 3.05) is 6.61 Å². The van der Waals surface area contributed by atoms with E-state index in [0.29, 0.717) is 13.2 Å². The van der Waals surface area contributed by atoms with E-state index in [1.165, 1.54) is 5.56 Å². The highest BCUT2D eigenvalue weighted by molar-refractivity contribution is 5.89. The summed E-state index contributed by atoms with van der Waals surface area (Å²) in [5, 5.41) is 3.01. The number of aryl methyl sites for hydroxylation is 1. The molecule has 0 spiro atoms. The molecule has 2 fully saturated rings. The van der Waals surface area contributed by atoms with Gasteiger partial charge in [-0.2, -0.15) is 0 Å². The van der Waals surface area contributed by atoms with Crippen LogP contribution in [-0.4, -0.2) is 24.2 Å². The van der Waals surface area contributed by atoms with Crippen molar-refractivity contribution in [3.05, 3.63) is 35.4 Å². The van der Waals surface area contributed by atoms with E-state index in [-0.39, 0.29) is 23.3 Å². The van der Waals surface area contributed by atoms with E-state index in [2.05, 4.69) is 5.32 Å². The van der Waals surface area contributed by atoms with Crippen molar-refractivity contribution in [3.63, 3.8) is 0 Å². The van der Waals surface area contributed by atoms with Crippen molar-refractivity contribution in [2.45, 2.75) is 45.4 Å². The van der Waals surface area contributed by atoms with Crippen LogP contribution in [0.25, 0.3) is 0 Å². The summed E-state index contributed by atoms with van der Waals surface area (Å²) >= 11 is 0. The van der Waals surface area contributed by atoms with Gasteiger partial charge in [-0.25, -0.2) is 0 Å². The lowest BCUT2D eigenvalue weighted by molar-refractivity contribution is -0.175. The molecule has 1 heterocycles. The Morgan fingerprint density at radius 2 is 2.05 bits per heavy atom. The quantitative estimate of drug-likeness (QED) is 0.890. The van der Waals surface area contributed by atoms with Crippen LogP contribution in [0.4, 0.5) is 0 Å². The molecule has 0 radical (unpaired) electrons. The zero-order valence-electron chi connectivity index (χ0n) is 13.0. The average molecular weight is 288 g/mol. The van der Waals surface area contributed by atoms with Gasteiger partial charge in [-0.15, -0.1) is 0 Å². The van der Waals surface area contributed by atoms with Gasteiger partial charge < -0.3 is 15.8 Å². The maximum atomic E-state index is 12.7. The number of hydrogen-bond donors (Lipinski definition) is 2. The molecule has 1 aliphatic carbocycles. The number of benzene rings is 1. The zero-order chi connectivity index (χ0) is 15.3. The molecule has 3 rings (SSSR count). The second kappa shape index (κ2) is 4.82. The van der Waals surface area contributed by atoms with E-state index in [1.54, 1.807) is 0 Å². The van der Waals surface area contributed by atoms with E-state index < -0.39 is 5.54 Å². The third-order valence-corrected chi connectivity index (χ3v) is 5.40. The number of nitrogens with one attached hydrogen (secondary N) is 1. The summed E-state index contributed by atoms with van der Waals surface area (Å²) in [5.74, 6) is 0.0883. The molecule has 1 saturated heterocycles. The van der Waals surface area contributed by atoms with Crippen LogP contribution in [0.3, 0.4) is 0 Å². The van der Waals surface area contributed by atoms with Crippen molar-refractivity contribution in [3.8, 4) is 0 Å². The minimum absolute atomic E-state index is 0.0557. The Morgan fingerprint density at radius 3 is 2.71 bits per heavy atom. The van der Waals surface area contributed by atoms with E-state index in [4.69, 9.17) is 10.5 Å². The Bertz CT molecular complexity index is 552. The summed E-state index contributed by atoms with van der Waals surface area (Å²) in [6.45, 7) is 7.35. The standard InChI is InChI=1S/C17H24N2O2/c1-11-4-6-12(7-5-11)10-19-15(20)17(18)13-8-9-21-14(13)16(17,2)3/h4-7,13-14H,8-10,18H2,1-3H3,(H,19,20). The minimum Gasteiger partial charge on any atom is -0.377 e. The lowest BCUT2D eigenvalue weighted by atomic mass is 9.48. The molecular weight excluding hydrogens is 264 g/mol. The van der Waals surface area contributed by atoms with Gasteiger partial charge >= 0.3 is 0 Å². The average Bonchev–Trinajstić information content (AvgIpc) is 2.93. The Hall–Kier alpha value is -1.39. The normalized spacial score (nSPS) is 33.1. The Labute approximate surface area is 126 Å². The molecule has 1 aromatic carbocycles. The predicted molar refractivity (Wildman–Crippen MR) is 81.6 cm³/mol. The fourth-order valence-electron chi connectivity index (χ4n) is 3.88. The van der Waals surface area contributed by atoms with Crippen LogP contribution in [0.5, 0.6) is 0 Å². The second-order valence-electron chi connectivity index (χ2n) is 6.95. The number of rotatable bonds is 3. The summed E-state index contributed by atoms with van der Waals surface area (Å²) in [7, 11) is 0. The van der Waals surface area contributed by atoms with Crippen LogP contribution < -0.4 is 11.1 Å². The Balaban J connectivity index is 1.69. The summed E-state index contributed by atoms with van der Waals surface area (Å²) < 4.78 is 5.73. The smallest absolute Gasteiger partial charge is 0.241 e. The molecule has 1 aromatic rings. The molecule has 4 heteroatoms. The molecule has 3 atom stereocenters. The molecule has 2 aliphatic rings. The molecule has 3 unspecified atom stereocenters. The predicted octanol–water partition coefficient (Wildman–Crippen LogP) is 1.75. The highest BCUT2D eigenvalue weighted by atomic mass is 16.5. The lowest BCUT2D eigenvalue weighted by Crippen LogP contribution is -2.80. The number of ether oxygens (including phenoxy) is 1. The van der Waals surface area contributed by atoms with Gasteiger partial charge in [-0.1, -0.05) is 43.7 Å². The number of carbonyl (C=O) groups excluding carboxylic acids is 1. The van der Waals surface area contributed by atoms with Crippen molar-refractivity contribution in [1.82, 2.24) is 5.32 Å². The molecular formula is C17H24N2O2. The van der Waals surface area contributed by atoms with Crippen LogP contribution in [0.2, 0.25) is 0 Å². The van der Waals surface area contributed by atoms with Crippen LogP contribution in [-0.2, 0) is 16.1 Å². The van der Waals surface area contributed by atoms with Gasteiger partial charge in [-0.3, -0.25) is 4.79 Å². The van der Waals surface area contributed by atoms with Crippen LogP contribution in [0, 0.1) is 18.3 Å². The Morgan fingerprint density at radius 1 is 1.38 bits per heavy atom. The van der Waals surface area contributed by atoms with Crippen LogP contribution in [0.1, 0.15) is 31.4 Å². The van der Waals surface area contributed by atoms with Crippen LogP contribution in [0.15, 0.2) is 24.3 Å². The molecule has 0 bridgehead atoms. The summed E-state index contributed by atoms with van der Waals surface area (Å²) in [5.41, 5.74) is 7.68. The molecule has 1 aliphatic heterocycles. The van der Waals surface area contributed by atoms with Crippen molar-refractivity contribution in [2.24, 2.45) is 17.1 Å². The molecule has 0 aromatic heterocycles. The first-order valence-corrected chi connectivity index (χ1v) is 7.61. The van der Waals surface area contributed by atoms with Crippen molar-refractivity contribution in [1.29, 1.82) is 0 Å². The highest BCUT2D eigenvalue weighted by Crippen LogP contribution is 2.58. The fourth-order valence-corrected chi connectivity index (χ4v) is 3.88. The van der Waals surface area contributed by atoms with Gasteiger partial charge in [0.2, 0.25) is 5.91 Å².